The van der Waals surface area contributed by atoms with E-state index in [1.807, 2.05) is 0 Å². The van der Waals surface area contributed by atoms with E-state index in [1.165, 1.54) is 19.3 Å². The molecule has 0 aromatic heterocycles. The summed E-state index contributed by atoms with van der Waals surface area (Å²) in [5, 5.41) is 0. The van der Waals surface area contributed by atoms with Crippen molar-refractivity contribution in [3.63, 3.8) is 0 Å². The monoisotopic (exact) mass is 172 g/mol. The van der Waals surface area contributed by atoms with E-state index in [2.05, 4.69) is 4.89 Å². The molecule has 0 unspecified atom stereocenters. The maximum absolute atomic E-state index is 10.9. The highest BCUT2D eigenvalue weighted by atomic mass is 17.2. The van der Waals surface area contributed by atoms with Crippen LogP contribution in [0.1, 0.15) is 44.9 Å². The SMILES string of the molecule is O=C1CCCCCCCCOO1. The maximum Gasteiger partial charge on any atom is 0.342 e. The Morgan fingerprint density at radius 1 is 0.917 bits per heavy atom. The minimum Gasteiger partial charge on any atom is -0.298 e. The van der Waals surface area contributed by atoms with Crippen LogP contribution in [0.3, 0.4) is 0 Å². The van der Waals surface area contributed by atoms with Crippen molar-refractivity contribution < 1.29 is 14.6 Å². The smallest absolute Gasteiger partial charge is 0.298 e. The van der Waals surface area contributed by atoms with Gasteiger partial charge in [0, 0.05) is 6.42 Å². The van der Waals surface area contributed by atoms with Gasteiger partial charge in [-0.15, -0.1) is 0 Å². The summed E-state index contributed by atoms with van der Waals surface area (Å²) in [7, 11) is 0. The Morgan fingerprint density at radius 2 is 1.58 bits per heavy atom. The van der Waals surface area contributed by atoms with Gasteiger partial charge in [-0.05, 0) is 12.8 Å². The highest BCUT2D eigenvalue weighted by Crippen LogP contribution is 2.09. The zero-order chi connectivity index (χ0) is 8.65. The molecule has 0 aromatic carbocycles. The number of hydrogen-bond acceptors (Lipinski definition) is 3. The van der Waals surface area contributed by atoms with Crippen molar-refractivity contribution in [2.75, 3.05) is 6.61 Å². The van der Waals surface area contributed by atoms with Crippen molar-refractivity contribution >= 4 is 5.97 Å². The lowest BCUT2D eigenvalue weighted by atomic mass is 10.1. The van der Waals surface area contributed by atoms with Crippen molar-refractivity contribution in [1.82, 2.24) is 0 Å². The predicted molar refractivity (Wildman–Crippen MR) is 44.4 cm³/mol. The standard InChI is InChI=1S/C9H16O3/c10-9-7-5-3-1-2-4-6-8-11-12-9/h1-8H2. The molecule has 0 radical (unpaired) electrons. The first kappa shape index (κ1) is 9.52. The molecule has 70 valence electrons. The third kappa shape index (κ3) is 4.34. The van der Waals surface area contributed by atoms with Crippen LogP contribution in [0.5, 0.6) is 0 Å². The molecule has 1 aliphatic heterocycles. The Bertz CT molecular complexity index is 120. The second-order valence-electron chi connectivity index (χ2n) is 3.15. The van der Waals surface area contributed by atoms with Gasteiger partial charge in [0.15, 0.2) is 0 Å². The van der Waals surface area contributed by atoms with E-state index in [9.17, 15) is 4.79 Å². The summed E-state index contributed by atoms with van der Waals surface area (Å²) < 4.78 is 0. The molecule has 1 heterocycles. The molecule has 0 atom stereocenters. The first-order chi connectivity index (χ1) is 5.89. The van der Waals surface area contributed by atoms with Crippen LogP contribution >= 0.6 is 0 Å². The highest BCUT2D eigenvalue weighted by Gasteiger charge is 2.04. The van der Waals surface area contributed by atoms with Gasteiger partial charge >= 0.3 is 5.97 Å². The minimum atomic E-state index is -0.225. The minimum absolute atomic E-state index is 0.225. The van der Waals surface area contributed by atoms with Gasteiger partial charge in [0.25, 0.3) is 0 Å². The molecule has 12 heavy (non-hydrogen) atoms. The lowest BCUT2D eigenvalue weighted by molar-refractivity contribution is -0.272. The molecule has 0 aromatic rings. The average Bonchev–Trinajstić information content (AvgIpc) is 2.11. The van der Waals surface area contributed by atoms with Gasteiger partial charge in [0.1, 0.15) is 0 Å². The number of carbonyl (C=O) groups is 1. The molecule has 0 bridgehead atoms. The lowest BCUT2D eigenvalue weighted by Crippen LogP contribution is -2.05. The Morgan fingerprint density at radius 3 is 2.42 bits per heavy atom. The van der Waals surface area contributed by atoms with Crippen molar-refractivity contribution in [2.24, 2.45) is 0 Å². The zero-order valence-electron chi connectivity index (χ0n) is 7.38. The fourth-order valence-corrected chi connectivity index (χ4v) is 1.29. The van der Waals surface area contributed by atoms with Gasteiger partial charge in [-0.1, -0.05) is 25.7 Å². The van der Waals surface area contributed by atoms with E-state index < -0.39 is 0 Å². The summed E-state index contributed by atoms with van der Waals surface area (Å²) in [5.74, 6) is -0.225. The Labute approximate surface area is 73.0 Å². The van der Waals surface area contributed by atoms with Gasteiger partial charge in [-0.3, -0.25) is 4.89 Å². The number of hydrogen-bond donors (Lipinski definition) is 0. The van der Waals surface area contributed by atoms with Gasteiger partial charge in [-0.2, -0.15) is 4.89 Å². The first-order valence-electron chi connectivity index (χ1n) is 4.72. The molecule has 3 heteroatoms. The second kappa shape index (κ2) is 6.00. The molecule has 0 amide bonds. The summed E-state index contributed by atoms with van der Waals surface area (Å²) in [4.78, 5) is 20.1. The topological polar surface area (TPSA) is 35.5 Å². The van der Waals surface area contributed by atoms with Crippen LogP contribution in [0.15, 0.2) is 0 Å². The third-order valence-corrected chi connectivity index (χ3v) is 2.01. The van der Waals surface area contributed by atoms with E-state index in [0.717, 1.165) is 19.3 Å². The highest BCUT2D eigenvalue weighted by molar-refractivity contribution is 5.68. The van der Waals surface area contributed by atoms with E-state index in [-0.39, 0.29) is 5.97 Å². The fourth-order valence-electron chi connectivity index (χ4n) is 1.29. The molecule has 1 fully saturated rings. The van der Waals surface area contributed by atoms with E-state index in [4.69, 9.17) is 4.89 Å². The molecule has 1 aliphatic rings. The molecule has 0 aliphatic carbocycles. The average molecular weight is 172 g/mol. The Kier molecular flexibility index (Phi) is 4.76. The molecule has 0 N–H and O–H groups in total. The van der Waals surface area contributed by atoms with Crippen LogP contribution < -0.4 is 0 Å². The molecular formula is C9H16O3. The largest absolute Gasteiger partial charge is 0.342 e. The van der Waals surface area contributed by atoms with Crippen LogP contribution in [-0.2, 0) is 14.6 Å². The Balaban J connectivity index is 2.17. The van der Waals surface area contributed by atoms with Crippen LogP contribution in [0.25, 0.3) is 0 Å². The number of rotatable bonds is 0. The second-order valence-corrected chi connectivity index (χ2v) is 3.15. The van der Waals surface area contributed by atoms with E-state index in [1.54, 1.807) is 0 Å². The van der Waals surface area contributed by atoms with Gasteiger partial charge in [0.05, 0.1) is 6.61 Å². The molecular weight excluding hydrogens is 156 g/mol. The van der Waals surface area contributed by atoms with E-state index in [0.29, 0.717) is 13.0 Å². The lowest BCUT2D eigenvalue weighted by Gasteiger charge is -2.00. The summed E-state index contributed by atoms with van der Waals surface area (Å²) in [5.41, 5.74) is 0. The summed E-state index contributed by atoms with van der Waals surface area (Å²) >= 11 is 0. The summed E-state index contributed by atoms with van der Waals surface area (Å²) in [6.45, 7) is 0.547. The molecule has 3 nitrogen and oxygen atoms in total. The predicted octanol–water partition coefficient (Wildman–Crippen LogP) is 2.21. The van der Waals surface area contributed by atoms with Crippen molar-refractivity contribution in [3.05, 3.63) is 0 Å². The third-order valence-electron chi connectivity index (χ3n) is 2.01. The van der Waals surface area contributed by atoms with Crippen LogP contribution in [0, 0.1) is 0 Å². The normalized spacial score (nSPS) is 22.5. The quantitative estimate of drug-likeness (QED) is 0.525. The van der Waals surface area contributed by atoms with Crippen LogP contribution in [0.4, 0.5) is 0 Å². The van der Waals surface area contributed by atoms with Crippen LogP contribution in [0.2, 0.25) is 0 Å². The fraction of sp³-hybridized carbons (Fsp3) is 0.889. The van der Waals surface area contributed by atoms with Crippen molar-refractivity contribution in [3.8, 4) is 0 Å². The molecule has 0 saturated carbocycles. The van der Waals surface area contributed by atoms with Gasteiger partial charge in [-0.25, -0.2) is 4.79 Å². The van der Waals surface area contributed by atoms with Crippen molar-refractivity contribution in [2.45, 2.75) is 44.9 Å². The van der Waals surface area contributed by atoms with Crippen LogP contribution in [-0.4, -0.2) is 12.6 Å². The van der Waals surface area contributed by atoms with Crippen molar-refractivity contribution in [1.29, 1.82) is 0 Å². The summed E-state index contributed by atoms with van der Waals surface area (Å²) in [6.07, 6.45) is 7.22. The van der Waals surface area contributed by atoms with Gasteiger partial charge in [0.2, 0.25) is 0 Å². The van der Waals surface area contributed by atoms with Gasteiger partial charge < -0.3 is 0 Å². The maximum atomic E-state index is 10.9. The van der Waals surface area contributed by atoms with E-state index >= 15 is 0 Å². The molecule has 1 saturated heterocycles. The summed E-state index contributed by atoms with van der Waals surface area (Å²) in [6, 6.07) is 0. The zero-order valence-corrected chi connectivity index (χ0v) is 7.38. The Hall–Kier alpha value is -0.570. The molecule has 1 rings (SSSR count). The number of carbonyl (C=O) groups excluding carboxylic acids is 1. The first-order valence-corrected chi connectivity index (χ1v) is 4.72. The molecule has 0 spiro atoms.